The van der Waals surface area contributed by atoms with E-state index in [0.717, 1.165) is 0 Å². The largest absolute Gasteiger partial charge is 0.375 e. The molecule has 13 heavy (non-hydrogen) atoms. The standard InChI is InChI=1S/C9H11BrFNO/c1-13-9(5-12)7-3-2-6(10)4-8(7)11/h2-4,9H,5,12H2,1H3. The Kier molecular flexibility index (Phi) is 3.84. The van der Waals surface area contributed by atoms with Gasteiger partial charge in [0.05, 0.1) is 6.10 Å². The first-order chi connectivity index (χ1) is 6.19. The molecule has 0 amide bonds. The van der Waals surface area contributed by atoms with Gasteiger partial charge < -0.3 is 10.5 Å². The minimum Gasteiger partial charge on any atom is -0.375 e. The van der Waals surface area contributed by atoms with Gasteiger partial charge in [0, 0.05) is 23.7 Å². The van der Waals surface area contributed by atoms with Crippen LogP contribution in [-0.2, 0) is 4.74 Å². The summed E-state index contributed by atoms with van der Waals surface area (Å²) in [5.74, 6) is -0.299. The van der Waals surface area contributed by atoms with Crippen molar-refractivity contribution in [2.45, 2.75) is 6.10 Å². The average molecular weight is 248 g/mol. The van der Waals surface area contributed by atoms with Crippen LogP contribution in [0.5, 0.6) is 0 Å². The number of halogens is 2. The molecule has 0 radical (unpaired) electrons. The molecule has 4 heteroatoms. The van der Waals surface area contributed by atoms with Gasteiger partial charge in [-0.15, -0.1) is 0 Å². The summed E-state index contributed by atoms with van der Waals surface area (Å²) in [6.45, 7) is 0.273. The molecule has 0 saturated heterocycles. The molecule has 1 unspecified atom stereocenters. The lowest BCUT2D eigenvalue weighted by molar-refractivity contribution is 0.107. The molecule has 0 bridgehead atoms. The lowest BCUT2D eigenvalue weighted by Gasteiger charge is -2.13. The van der Waals surface area contributed by atoms with Crippen LogP contribution in [0.4, 0.5) is 4.39 Å². The number of hydrogen-bond donors (Lipinski definition) is 1. The number of nitrogens with two attached hydrogens (primary N) is 1. The highest BCUT2D eigenvalue weighted by atomic mass is 79.9. The van der Waals surface area contributed by atoms with Crippen molar-refractivity contribution in [2.24, 2.45) is 5.73 Å². The molecule has 1 aromatic rings. The van der Waals surface area contributed by atoms with Crippen molar-refractivity contribution in [3.8, 4) is 0 Å². The van der Waals surface area contributed by atoms with Crippen LogP contribution < -0.4 is 5.73 Å². The van der Waals surface area contributed by atoms with Crippen molar-refractivity contribution in [3.05, 3.63) is 34.1 Å². The predicted octanol–water partition coefficient (Wildman–Crippen LogP) is 2.23. The van der Waals surface area contributed by atoms with E-state index in [1.165, 1.54) is 13.2 Å². The molecule has 1 aromatic carbocycles. The molecule has 0 spiro atoms. The van der Waals surface area contributed by atoms with Crippen LogP contribution in [0.15, 0.2) is 22.7 Å². The summed E-state index contributed by atoms with van der Waals surface area (Å²) in [5.41, 5.74) is 5.91. The average Bonchev–Trinajstić information content (AvgIpc) is 2.10. The maximum atomic E-state index is 13.3. The molecule has 0 saturated carbocycles. The first-order valence-corrected chi connectivity index (χ1v) is 4.66. The summed E-state index contributed by atoms with van der Waals surface area (Å²) in [6, 6.07) is 4.83. The highest BCUT2D eigenvalue weighted by Crippen LogP contribution is 2.22. The lowest BCUT2D eigenvalue weighted by Crippen LogP contribution is -2.15. The van der Waals surface area contributed by atoms with Gasteiger partial charge in [-0.1, -0.05) is 22.0 Å². The zero-order valence-electron chi connectivity index (χ0n) is 7.26. The van der Waals surface area contributed by atoms with Gasteiger partial charge in [-0.05, 0) is 12.1 Å². The number of ether oxygens (including phenoxy) is 1. The number of methoxy groups -OCH3 is 1. The van der Waals surface area contributed by atoms with E-state index in [1.54, 1.807) is 12.1 Å². The summed E-state index contributed by atoms with van der Waals surface area (Å²) < 4.78 is 19.0. The number of hydrogen-bond acceptors (Lipinski definition) is 2. The first-order valence-electron chi connectivity index (χ1n) is 3.87. The Morgan fingerprint density at radius 1 is 1.62 bits per heavy atom. The van der Waals surface area contributed by atoms with Crippen LogP contribution in [0.25, 0.3) is 0 Å². The van der Waals surface area contributed by atoms with Crippen molar-refractivity contribution in [3.63, 3.8) is 0 Å². The van der Waals surface area contributed by atoms with Crippen LogP contribution in [-0.4, -0.2) is 13.7 Å². The molecule has 1 rings (SSSR count). The minimum absolute atomic E-state index is 0.273. The molecular formula is C9H11BrFNO. The van der Waals surface area contributed by atoms with Crippen LogP contribution in [0.2, 0.25) is 0 Å². The zero-order chi connectivity index (χ0) is 9.84. The van der Waals surface area contributed by atoms with Crippen LogP contribution in [0, 0.1) is 5.82 Å². The summed E-state index contributed by atoms with van der Waals surface area (Å²) >= 11 is 3.18. The third-order valence-corrected chi connectivity index (χ3v) is 2.30. The second-order valence-electron chi connectivity index (χ2n) is 2.63. The van der Waals surface area contributed by atoms with Crippen molar-refractivity contribution >= 4 is 15.9 Å². The van der Waals surface area contributed by atoms with E-state index in [0.29, 0.717) is 10.0 Å². The van der Waals surface area contributed by atoms with Crippen molar-refractivity contribution in [2.75, 3.05) is 13.7 Å². The maximum absolute atomic E-state index is 13.3. The fourth-order valence-electron chi connectivity index (χ4n) is 1.11. The minimum atomic E-state index is -0.368. The van der Waals surface area contributed by atoms with E-state index < -0.39 is 0 Å². The Hall–Kier alpha value is -0.450. The van der Waals surface area contributed by atoms with Crippen molar-refractivity contribution in [1.29, 1.82) is 0 Å². The molecule has 0 aliphatic heterocycles. The Bertz CT molecular complexity index is 289. The quantitative estimate of drug-likeness (QED) is 0.890. The smallest absolute Gasteiger partial charge is 0.130 e. The molecule has 1 atom stereocenters. The molecule has 2 N–H and O–H groups in total. The summed E-state index contributed by atoms with van der Waals surface area (Å²) in [7, 11) is 1.51. The molecule has 0 fully saturated rings. The molecule has 2 nitrogen and oxygen atoms in total. The highest BCUT2D eigenvalue weighted by molar-refractivity contribution is 9.10. The number of benzene rings is 1. The molecule has 72 valence electrons. The van der Waals surface area contributed by atoms with Gasteiger partial charge in [-0.3, -0.25) is 0 Å². The van der Waals surface area contributed by atoms with E-state index >= 15 is 0 Å². The van der Waals surface area contributed by atoms with E-state index in [4.69, 9.17) is 10.5 Å². The summed E-state index contributed by atoms with van der Waals surface area (Å²) in [5, 5.41) is 0. The third-order valence-electron chi connectivity index (χ3n) is 1.81. The lowest BCUT2D eigenvalue weighted by atomic mass is 10.1. The van der Waals surface area contributed by atoms with E-state index in [2.05, 4.69) is 15.9 Å². The Morgan fingerprint density at radius 2 is 2.31 bits per heavy atom. The van der Waals surface area contributed by atoms with Crippen molar-refractivity contribution < 1.29 is 9.13 Å². The second-order valence-corrected chi connectivity index (χ2v) is 3.54. The molecular weight excluding hydrogens is 237 g/mol. The van der Waals surface area contributed by atoms with E-state index in [1.807, 2.05) is 0 Å². The van der Waals surface area contributed by atoms with Gasteiger partial charge >= 0.3 is 0 Å². The zero-order valence-corrected chi connectivity index (χ0v) is 8.84. The van der Waals surface area contributed by atoms with E-state index in [9.17, 15) is 4.39 Å². The van der Waals surface area contributed by atoms with Crippen molar-refractivity contribution in [1.82, 2.24) is 0 Å². The second kappa shape index (κ2) is 4.69. The van der Waals surface area contributed by atoms with Gasteiger partial charge in [0.25, 0.3) is 0 Å². The topological polar surface area (TPSA) is 35.2 Å². The highest BCUT2D eigenvalue weighted by Gasteiger charge is 2.12. The monoisotopic (exact) mass is 247 g/mol. The van der Waals surface area contributed by atoms with Gasteiger partial charge in [-0.25, -0.2) is 4.39 Å². The fraction of sp³-hybridized carbons (Fsp3) is 0.333. The molecule has 0 aromatic heterocycles. The summed E-state index contributed by atoms with van der Waals surface area (Å²) in [4.78, 5) is 0. The van der Waals surface area contributed by atoms with Gasteiger partial charge in [0.1, 0.15) is 5.82 Å². The normalized spacial score (nSPS) is 12.9. The Balaban J connectivity index is 2.99. The van der Waals surface area contributed by atoms with E-state index in [-0.39, 0.29) is 18.5 Å². The number of rotatable bonds is 3. The molecule has 0 aliphatic rings. The first kappa shape index (κ1) is 10.6. The fourth-order valence-corrected chi connectivity index (χ4v) is 1.45. The van der Waals surface area contributed by atoms with Gasteiger partial charge in [0.15, 0.2) is 0 Å². The van der Waals surface area contributed by atoms with Gasteiger partial charge in [-0.2, -0.15) is 0 Å². The maximum Gasteiger partial charge on any atom is 0.130 e. The van der Waals surface area contributed by atoms with Crippen LogP contribution in [0.3, 0.4) is 0 Å². The SMILES string of the molecule is COC(CN)c1ccc(Br)cc1F. The Labute approximate surface area is 85.0 Å². The molecule has 0 aliphatic carbocycles. The van der Waals surface area contributed by atoms with Crippen LogP contribution in [0.1, 0.15) is 11.7 Å². The predicted molar refractivity (Wildman–Crippen MR) is 52.9 cm³/mol. The Morgan fingerprint density at radius 3 is 2.77 bits per heavy atom. The summed E-state index contributed by atoms with van der Waals surface area (Å²) in [6.07, 6.45) is -0.368. The third kappa shape index (κ3) is 2.49. The van der Waals surface area contributed by atoms with Gasteiger partial charge in [0.2, 0.25) is 0 Å². The van der Waals surface area contributed by atoms with Crippen LogP contribution >= 0.6 is 15.9 Å². The molecule has 0 heterocycles.